The number of fused-ring (bicyclic) bond motifs is 19. The van der Waals surface area contributed by atoms with Gasteiger partial charge in [0.2, 0.25) is 0 Å². The van der Waals surface area contributed by atoms with Crippen molar-refractivity contribution >= 4 is 108 Å². The van der Waals surface area contributed by atoms with Gasteiger partial charge in [0.05, 0.1) is 0 Å². The summed E-state index contributed by atoms with van der Waals surface area (Å²) in [7, 11) is 0. The Balaban J connectivity index is 0.000000112. The maximum absolute atomic E-state index is 2.47. The van der Waals surface area contributed by atoms with Crippen molar-refractivity contribution < 1.29 is 0 Å². The SMILES string of the molecule is C.CC1(C)c2ccccc2-c2ccc(-c3c4ccccc4c(-c4ccc(-c5ccccc5-c5ccccc5)cc4)c4ccccc34)cc21.CC1(C)c2ccccc2-c2ccc(-c3c4ccccc4c(-c4ccc5c6ccccc6c6ccccc6c5c4)c4ccccc34)cc21.c1ccc(-c2ccc(-c3c4ccccc4c(-c4ccccc4)c4ccccc34)c3ccccc23)cc1. The van der Waals surface area contributed by atoms with Crippen LogP contribution in [-0.2, 0) is 10.8 Å². The van der Waals surface area contributed by atoms with Gasteiger partial charge in [0.25, 0.3) is 0 Å². The Hall–Kier alpha value is -16.1. The van der Waals surface area contributed by atoms with Crippen LogP contribution >= 0.6 is 0 Å². The van der Waals surface area contributed by atoms with E-state index in [1.807, 2.05) is 0 Å². The molecule has 131 heavy (non-hydrogen) atoms. The van der Waals surface area contributed by atoms with E-state index in [-0.39, 0.29) is 18.3 Å². The van der Waals surface area contributed by atoms with Crippen molar-refractivity contribution in [3.63, 3.8) is 0 Å². The molecule has 0 nitrogen and oxygen atoms in total. The fraction of sp³-hybridized carbons (Fsp3) is 0.0534. The molecule has 0 spiro atoms. The smallest absolute Gasteiger partial charge is 0.0159 e. The summed E-state index contributed by atoms with van der Waals surface area (Å²) in [4.78, 5) is 0. The van der Waals surface area contributed by atoms with Gasteiger partial charge in [-0.25, -0.2) is 0 Å². The third-order valence-corrected chi connectivity index (χ3v) is 28.4. The lowest BCUT2D eigenvalue weighted by Gasteiger charge is -2.23. The highest BCUT2D eigenvalue weighted by Crippen LogP contribution is 2.56. The van der Waals surface area contributed by atoms with Crippen molar-refractivity contribution in [2.45, 2.75) is 46.0 Å². The van der Waals surface area contributed by atoms with Crippen molar-refractivity contribution in [2.75, 3.05) is 0 Å². The van der Waals surface area contributed by atoms with Crippen molar-refractivity contribution in [1.82, 2.24) is 0 Å². The van der Waals surface area contributed by atoms with Crippen molar-refractivity contribution in [3.8, 4) is 122 Å². The molecule has 2 aliphatic rings. The first-order valence-corrected chi connectivity index (χ1v) is 45.6. The molecule has 0 bridgehead atoms. The van der Waals surface area contributed by atoms with E-state index in [1.165, 1.54) is 252 Å². The zero-order valence-corrected chi connectivity index (χ0v) is 73.0. The highest BCUT2D eigenvalue weighted by Gasteiger charge is 2.38. The normalized spacial score (nSPS) is 12.6. The summed E-state index contributed by atoms with van der Waals surface area (Å²) >= 11 is 0. The highest BCUT2D eigenvalue weighted by molar-refractivity contribution is 6.29. The Kier molecular flexibility index (Phi) is 19.6. The van der Waals surface area contributed by atoms with Crippen LogP contribution in [0.1, 0.15) is 57.4 Å². The van der Waals surface area contributed by atoms with Crippen LogP contribution in [0.4, 0.5) is 0 Å². The molecule has 0 fully saturated rings. The minimum Gasteiger partial charge on any atom is -0.0776 e. The summed E-state index contributed by atoms with van der Waals surface area (Å²) in [6, 6.07) is 174. The predicted octanol–water partition coefficient (Wildman–Crippen LogP) is 36.8. The van der Waals surface area contributed by atoms with Crippen molar-refractivity contribution in [3.05, 3.63) is 495 Å². The van der Waals surface area contributed by atoms with Gasteiger partial charge in [-0.1, -0.05) is 490 Å². The summed E-state index contributed by atoms with van der Waals surface area (Å²) in [6.07, 6.45) is 0. The van der Waals surface area contributed by atoms with Gasteiger partial charge in [-0.3, -0.25) is 0 Å². The van der Waals surface area contributed by atoms with Crippen LogP contribution < -0.4 is 0 Å². The van der Waals surface area contributed by atoms with Crippen LogP contribution in [0.15, 0.2) is 473 Å². The van der Waals surface area contributed by atoms with Crippen LogP contribution in [0.2, 0.25) is 0 Å². The maximum atomic E-state index is 2.47. The summed E-state index contributed by atoms with van der Waals surface area (Å²) < 4.78 is 0. The summed E-state index contributed by atoms with van der Waals surface area (Å²) in [6.45, 7) is 9.46. The minimum absolute atomic E-state index is 0. The molecular weight excluding hydrogens is 1570 g/mol. The lowest BCUT2D eigenvalue weighted by Crippen LogP contribution is -2.14. The molecule has 24 aromatic carbocycles. The number of hydrogen-bond donors (Lipinski definition) is 0. The van der Waals surface area contributed by atoms with Gasteiger partial charge in [-0.05, 0) is 271 Å². The van der Waals surface area contributed by atoms with Gasteiger partial charge in [0.1, 0.15) is 0 Å². The van der Waals surface area contributed by atoms with Crippen LogP contribution in [0.5, 0.6) is 0 Å². The molecule has 0 heterocycles. The first-order valence-electron chi connectivity index (χ1n) is 45.6. The van der Waals surface area contributed by atoms with E-state index in [0.29, 0.717) is 0 Å². The van der Waals surface area contributed by atoms with Gasteiger partial charge in [0, 0.05) is 10.8 Å². The van der Waals surface area contributed by atoms with E-state index < -0.39 is 0 Å². The van der Waals surface area contributed by atoms with Gasteiger partial charge >= 0.3 is 0 Å². The third-order valence-electron chi connectivity index (χ3n) is 28.4. The Morgan fingerprint density at radius 3 is 0.695 bits per heavy atom. The van der Waals surface area contributed by atoms with Gasteiger partial charge in [0.15, 0.2) is 0 Å². The quantitative estimate of drug-likeness (QED) is 0.0998. The molecule has 24 aromatic rings. The molecule has 2 aliphatic carbocycles. The highest BCUT2D eigenvalue weighted by atomic mass is 14.4. The third kappa shape index (κ3) is 13.1. The molecule has 0 aromatic heterocycles. The number of rotatable bonds is 9. The molecule has 0 aliphatic heterocycles. The van der Waals surface area contributed by atoms with E-state index in [4.69, 9.17) is 0 Å². The van der Waals surface area contributed by atoms with Gasteiger partial charge in [-0.2, -0.15) is 0 Å². The predicted molar refractivity (Wildman–Crippen MR) is 565 cm³/mol. The Labute approximate surface area is 766 Å². The van der Waals surface area contributed by atoms with E-state index in [0.717, 1.165) is 0 Å². The summed E-state index contributed by atoms with van der Waals surface area (Å²) in [5, 5.41) is 25.8. The fourth-order valence-electron chi connectivity index (χ4n) is 22.4. The standard InChI is InChI=1S/C47H32.C47H34.C36H24.CH4/c1-47(2)43-22-12-11-17-36(43)37-26-24-30(28-44(37)47)46-40-20-9-7-18-38(40)45(39-19-8-10-21-41(39)46)29-23-25-35-33-15-4-3-13-31(33)32-14-5-6-16-34(32)42(35)27-29;1-47(2)43-23-13-12-18-37(43)38-29-28-34(30-44(38)47)46-41-21-10-8-19-39(41)45(40-20-9-11-22-42(40)46)33-26-24-32(25-27-33)36-17-7-6-16-35(36)31-14-4-3-5-15-31;1-3-13-25(14-4-1)27-23-24-34(29-18-8-7-17-28(27)29)36-32-21-11-9-19-30(32)35(26-15-5-2-6-16-26)31-20-10-12-22-33(31)36;/h3-28H,1-2H3;3-30H,1-2H3;1-24H;1H4. The van der Waals surface area contributed by atoms with Crippen LogP contribution in [0.25, 0.3) is 230 Å². The fourth-order valence-corrected chi connectivity index (χ4v) is 22.4. The van der Waals surface area contributed by atoms with Crippen LogP contribution in [-0.4, -0.2) is 0 Å². The second kappa shape index (κ2) is 32.3. The average molecular weight is 1670 g/mol. The van der Waals surface area contributed by atoms with Crippen molar-refractivity contribution in [2.24, 2.45) is 0 Å². The molecule has 0 heteroatoms. The van der Waals surface area contributed by atoms with E-state index >= 15 is 0 Å². The Morgan fingerprint density at radius 1 is 0.115 bits per heavy atom. The average Bonchev–Trinajstić information content (AvgIpc) is 1.73. The minimum atomic E-state index is -0.0501. The topological polar surface area (TPSA) is 0 Å². The molecule has 0 saturated carbocycles. The molecular formula is C131H94. The van der Waals surface area contributed by atoms with E-state index in [1.54, 1.807) is 0 Å². The first kappa shape index (κ1) is 79.5. The van der Waals surface area contributed by atoms with E-state index in [2.05, 4.69) is 501 Å². The molecule has 0 unspecified atom stereocenters. The van der Waals surface area contributed by atoms with Gasteiger partial charge in [-0.15, -0.1) is 0 Å². The monoisotopic (exact) mass is 1670 g/mol. The molecule has 26 rings (SSSR count). The number of benzene rings is 24. The van der Waals surface area contributed by atoms with Crippen LogP contribution in [0, 0.1) is 0 Å². The molecule has 0 radical (unpaired) electrons. The second-order valence-corrected chi connectivity index (χ2v) is 36.2. The first-order chi connectivity index (χ1) is 64.1. The molecule has 0 saturated heterocycles. The van der Waals surface area contributed by atoms with E-state index in [9.17, 15) is 0 Å². The maximum Gasteiger partial charge on any atom is 0.0159 e. The second-order valence-electron chi connectivity index (χ2n) is 36.2. The zero-order chi connectivity index (χ0) is 86.7. The molecule has 0 amide bonds. The van der Waals surface area contributed by atoms with Crippen molar-refractivity contribution in [1.29, 1.82) is 0 Å². The van der Waals surface area contributed by atoms with Gasteiger partial charge < -0.3 is 0 Å². The Bertz CT molecular complexity index is 8480. The molecule has 618 valence electrons. The lowest BCUT2D eigenvalue weighted by atomic mass is 9.80. The largest absolute Gasteiger partial charge is 0.0776 e. The van der Waals surface area contributed by atoms with Crippen LogP contribution in [0.3, 0.4) is 0 Å². The molecule has 0 atom stereocenters. The lowest BCUT2D eigenvalue weighted by molar-refractivity contribution is 0.660. The summed E-state index contributed by atoms with van der Waals surface area (Å²) in [5.74, 6) is 0. The zero-order valence-electron chi connectivity index (χ0n) is 73.0. The Morgan fingerprint density at radius 2 is 0.321 bits per heavy atom. The summed E-state index contributed by atoms with van der Waals surface area (Å²) in [5.41, 5.74) is 33.8. The number of hydrogen-bond acceptors (Lipinski definition) is 0. The molecule has 0 N–H and O–H groups in total.